The van der Waals surface area contributed by atoms with Crippen molar-refractivity contribution in [3.8, 4) is 0 Å². The Hall–Kier alpha value is -0.0800. The van der Waals surface area contributed by atoms with Crippen molar-refractivity contribution in [2.75, 3.05) is 13.2 Å². The maximum Gasteiger partial charge on any atom is 0.0480 e. The smallest absolute Gasteiger partial charge is 0.0480 e. The van der Waals surface area contributed by atoms with Crippen LogP contribution in [0.25, 0.3) is 0 Å². The van der Waals surface area contributed by atoms with Gasteiger partial charge in [-0.05, 0) is 43.9 Å². The van der Waals surface area contributed by atoms with E-state index < -0.39 is 0 Å². The molecule has 2 aliphatic rings. The standard InChI is InChI=1S/C15H29NO/c1-12(2)13-4-3-5-14(7-6-13)16-15-8-10-17-11-9-15/h12-16H,3-11H2,1-2H3. The van der Waals surface area contributed by atoms with Gasteiger partial charge in [-0.1, -0.05) is 26.7 Å². The summed E-state index contributed by atoms with van der Waals surface area (Å²) in [6, 6.07) is 1.51. The van der Waals surface area contributed by atoms with Gasteiger partial charge in [0.1, 0.15) is 0 Å². The topological polar surface area (TPSA) is 21.3 Å². The molecule has 0 bridgehead atoms. The van der Waals surface area contributed by atoms with E-state index in [4.69, 9.17) is 4.74 Å². The van der Waals surface area contributed by atoms with Crippen molar-refractivity contribution < 1.29 is 4.74 Å². The van der Waals surface area contributed by atoms with Crippen molar-refractivity contribution in [2.24, 2.45) is 11.8 Å². The minimum Gasteiger partial charge on any atom is -0.381 e. The Bertz CT molecular complexity index is 211. The van der Waals surface area contributed by atoms with Crippen molar-refractivity contribution in [1.29, 1.82) is 0 Å². The van der Waals surface area contributed by atoms with E-state index in [-0.39, 0.29) is 0 Å². The Kier molecular flexibility index (Phi) is 5.30. The van der Waals surface area contributed by atoms with E-state index in [0.29, 0.717) is 0 Å². The van der Waals surface area contributed by atoms with Crippen LogP contribution in [0.1, 0.15) is 58.8 Å². The SMILES string of the molecule is CC(C)C1CCCC(NC2CCOCC2)CC1. The molecule has 0 spiro atoms. The third kappa shape index (κ3) is 4.26. The molecule has 1 N–H and O–H groups in total. The van der Waals surface area contributed by atoms with Crippen LogP contribution in [0.15, 0.2) is 0 Å². The molecule has 0 aromatic heterocycles. The first-order valence-corrected chi connectivity index (χ1v) is 7.59. The second-order valence-corrected chi connectivity index (χ2v) is 6.26. The van der Waals surface area contributed by atoms with Crippen molar-refractivity contribution in [1.82, 2.24) is 5.32 Å². The van der Waals surface area contributed by atoms with E-state index in [1.54, 1.807) is 0 Å². The monoisotopic (exact) mass is 239 g/mol. The van der Waals surface area contributed by atoms with Crippen LogP contribution in [0.4, 0.5) is 0 Å². The molecule has 2 unspecified atom stereocenters. The number of rotatable bonds is 3. The Labute approximate surface area is 107 Å². The van der Waals surface area contributed by atoms with Gasteiger partial charge in [0.2, 0.25) is 0 Å². The fourth-order valence-corrected chi connectivity index (χ4v) is 3.36. The maximum atomic E-state index is 5.42. The van der Waals surface area contributed by atoms with Gasteiger partial charge in [0.25, 0.3) is 0 Å². The molecule has 1 aliphatic carbocycles. The third-order valence-corrected chi connectivity index (χ3v) is 4.65. The molecule has 17 heavy (non-hydrogen) atoms. The minimum absolute atomic E-state index is 0.726. The van der Waals surface area contributed by atoms with Gasteiger partial charge in [0, 0.05) is 25.3 Å². The molecule has 1 saturated heterocycles. The molecule has 2 atom stereocenters. The Morgan fingerprint density at radius 3 is 2.29 bits per heavy atom. The van der Waals surface area contributed by atoms with Crippen LogP contribution in [0.5, 0.6) is 0 Å². The third-order valence-electron chi connectivity index (χ3n) is 4.65. The van der Waals surface area contributed by atoms with Gasteiger partial charge in [-0.15, -0.1) is 0 Å². The van der Waals surface area contributed by atoms with Crippen LogP contribution in [-0.2, 0) is 4.74 Å². The first-order valence-electron chi connectivity index (χ1n) is 7.59. The normalized spacial score (nSPS) is 32.6. The van der Waals surface area contributed by atoms with Crippen LogP contribution in [0.3, 0.4) is 0 Å². The van der Waals surface area contributed by atoms with Crippen molar-refractivity contribution in [3.63, 3.8) is 0 Å². The molecule has 2 rings (SSSR count). The van der Waals surface area contributed by atoms with Crippen LogP contribution >= 0.6 is 0 Å². The summed E-state index contributed by atoms with van der Waals surface area (Å²) in [6.07, 6.45) is 9.50. The lowest BCUT2D eigenvalue weighted by atomic mass is 9.89. The molecule has 1 heterocycles. The van der Waals surface area contributed by atoms with E-state index in [9.17, 15) is 0 Å². The van der Waals surface area contributed by atoms with Crippen LogP contribution in [0.2, 0.25) is 0 Å². The molecule has 2 heteroatoms. The van der Waals surface area contributed by atoms with Gasteiger partial charge in [0.05, 0.1) is 0 Å². The second kappa shape index (κ2) is 6.75. The van der Waals surface area contributed by atoms with Gasteiger partial charge in [-0.3, -0.25) is 0 Å². The average Bonchev–Trinajstić information content (AvgIpc) is 2.56. The summed E-state index contributed by atoms with van der Waals surface area (Å²) in [5.41, 5.74) is 0. The number of nitrogens with one attached hydrogen (secondary N) is 1. The second-order valence-electron chi connectivity index (χ2n) is 6.26. The van der Waals surface area contributed by atoms with Crippen molar-refractivity contribution in [3.05, 3.63) is 0 Å². The lowest BCUT2D eigenvalue weighted by Crippen LogP contribution is -2.41. The van der Waals surface area contributed by atoms with Crippen molar-refractivity contribution in [2.45, 2.75) is 70.9 Å². The molecular formula is C15H29NO. The largest absolute Gasteiger partial charge is 0.381 e. The number of ether oxygens (including phenoxy) is 1. The van der Waals surface area contributed by atoms with Gasteiger partial charge in [0.15, 0.2) is 0 Å². The zero-order valence-corrected chi connectivity index (χ0v) is 11.6. The lowest BCUT2D eigenvalue weighted by Gasteiger charge is -2.28. The van der Waals surface area contributed by atoms with E-state index in [1.165, 1.54) is 44.9 Å². The van der Waals surface area contributed by atoms with E-state index >= 15 is 0 Å². The van der Waals surface area contributed by atoms with Gasteiger partial charge in [-0.2, -0.15) is 0 Å². The molecular weight excluding hydrogens is 210 g/mol. The Balaban J connectivity index is 1.74. The summed E-state index contributed by atoms with van der Waals surface area (Å²) in [5.74, 6) is 1.84. The summed E-state index contributed by atoms with van der Waals surface area (Å²) in [5, 5.41) is 3.88. The molecule has 100 valence electrons. The highest BCUT2D eigenvalue weighted by Crippen LogP contribution is 2.29. The minimum atomic E-state index is 0.726. The molecule has 1 aliphatic heterocycles. The Morgan fingerprint density at radius 1 is 0.882 bits per heavy atom. The van der Waals surface area contributed by atoms with Gasteiger partial charge < -0.3 is 10.1 Å². The molecule has 1 saturated carbocycles. The zero-order valence-electron chi connectivity index (χ0n) is 11.6. The highest BCUT2D eigenvalue weighted by atomic mass is 16.5. The van der Waals surface area contributed by atoms with Gasteiger partial charge >= 0.3 is 0 Å². The lowest BCUT2D eigenvalue weighted by molar-refractivity contribution is 0.0741. The van der Waals surface area contributed by atoms with Gasteiger partial charge in [-0.25, -0.2) is 0 Å². The fourth-order valence-electron chi connectivity index (χ4n) is 3.36. The highest BCUT2D eigenvalue weighted by molar-refractivity contribution is 4.80. The van der Waals surface area contributed by atoms with Crippen LogP contribution < -0.4 is 5.32 Å². The first-order chi connectivity index (χ1) is 8.25. The maximum absolute atomic E-state index is 5.42. The van der Waals surface area contributed by atoms with Crippen LogP contribution in [-0.4, -0.2) is 25.3 Å². The molecule has 0 aromatic rings. The van der Waals surface area contributed by atoms with E-state index in [2.05, 4.69) is 19.2 Å². The number of hydrogen-bond donors (Lipinski definition) is 1. The fraction of sp³-hybridized carbons (Fsp3) is 1.00. The number of hydrogen-bond acceptors (Lipinski definition) is 2. The first kappa shape index (κ1) is 13.4. The predicted octanol–water partition coefficient (Wildman–Crippen LogP) is 3.36. The summed E-state index contributed by atoms with van der Waals surface area (Å²) in [4.78, 5) is 0. The predicted molar refractivity (Wildman–Crippen MR) is 72.2 cm³/mol. The summed E-state index contributed by atoms with van der Waals surface area (Å²) < 4.78 is 5.42. The average molecular weight is 239 g/mol. The van der Waals surface area contributed by atoms with Crippen LogP contribution in [0, 0.1) is 11.8 Å². The molecule has 0 radical (unpaired) electrons. The zero-order chi connectivity index (χ0) is 12.1. The summed E-state index contributed by atoms with van der Waals surface area (Å²) in [6.45, 7) is 6.69. The van der Waals surface area contributed by atoms with E-state index in [0.717, 1.165) is 37.1 Å². The quantitative estimate of drug-likeness (QED) is 0.763. The molecule has 0 aromatic carbocycles. The molecule has 0 amide bonds. The van der Waals surface area contributed by atoms with Crippen molar-refractivity contribution >= 4 is 0 Å². The molecule has 2 nitrogen and oxygen atoms in total. The summed E-state index contributed by atoms with van der Waals surface area (Å²) in [7, 11) is 0. The molecule has 2 fully saturated rings. The summed E-state index contributed by atoms with van der Waals surface area (Å²) >= 11 is 0. The van der Waals surface area contributed by atoms with E-state index in [1.807, 2.05) is 0 Å². The highest BCUT2D eigenvalue weighted by Gasteiger charge is 2.23. The Morgan fingerprint density at radius 2 is 1.59 bits per heavy atom.